The topological polar surface area (TPSA) is 79.4 Å². The van der Waals surface area contributed by atoms with E-state index < -0.39 is 0 Å². The molecule has 0 saturated heterocycles. The molecule has 0 aliphatic heterocycles. The van der Waals surface area contributed by atoms with E-state index in [0.717, 1.165) is 32.0 Å². The number of anilines is 1. The van der Waals surface area contributed by atoms with Gasteiger partial charge in [-0.25, -0.2) is 9.97 Å². The number of fused-ring (bicyclic) bond motifs is 1. The van der Waals surface area contributed by atoms with Crippen molar-refractivity contribution in [2.75, 3.05) is 39.6 Å². The van der Waals surface area contributed by atoms with Crippen LogP contribution in [-0.2, 0) is 4.79 Å². The molecule has 0 saturated carbocycles. The number of benzene rings is 2. The monoisotopic (exact) mass is 461 g/mol. The summed E-state index contributed by atoms with van der Waals surface area (Å²) in [6, 6.07) is 20.2. The molecule has 0 fully saturated rings. The van der Waals surface area contributed by atoms with Gasteiger partial charge >= 0.3 is 0 Å². The van der Waals surface area contributed by atoms with Crippen LogP contribution in [0.15, 0.2) is 67.0 Å². The molecule has 0 aliphatic rings. The summed E-state index contributed by atoms with van der Waals surface area (Å²) in [5.74, 6) is 1.37. The third-order valence-electron chi connectivity index (χ3n) is 5.42. The molecular formula is C25H27N5O2S. The number of aromatic nitrogens is 2. The third kappa shape index (κ3) is 5.47. The Morgan fingerprint density at radius 2 is 1.85 bits per heavy atom. The number of ether oxygens (including phenoxy) is 1. The standard InChI is InChI=1S/C25H27N5O2S/c1-30(2)21(17-9-11-19(32-3)12-10-17)14-26-23(31)15-27-24-20-13-22(18-7-5-4-6-8-18)33-25(20)29-16-28-24/h4-13,16,21H,14-15H2,1-3H3,(H,26,31)(H,27,28,29). The molecule has 1 atom stereocenters. The van der Waals surface area contributed by atoms with Gasteiger partial charge in [-0.3, -0.25) is 4.79 Å². The number of thiophene rings is 1. The molecule has 0 aliphatic carbocycles. The normalized spacial score (nSPS) is 12.0. The van der Waals surface area contributed by atoms with Crippen molar-refractivity contribution < 1.29 is 9.53 Å². The predicted octanol–water partition coefficient (Wildman–Crippen LogP) is 4.20. The lowest BCUT2D eigenvalue weighted by Gasteiger charge is -2.25. The van der Waals surface area contributed by atoms with E-state index in [1.54, 1.807) is 18.4 Å². The van der Waals surface area contributed by atoms with Gasteiger partial charge in [0.1, 0.15) is 22.7 Å². The number of nitrogens with zero attached hydrogens (tertiary/aromatic N) is 3. The first-order valence-electron chi connectivity index (χ1n) is 10.7. The number of carbonyl (C=O) groups is 1. The molecule has 4 rings (SSSR count). The SMILES string of the molecule is COc1ccc(C(CNC(=O)CNc2ncnc3sc(-c4ccccc4)cc23)N(C)C)cc1. The highest BCUT2D eigenvalue weighted by Crippen LogP contribution is 2.34. The molecule has 2 aromatic heterocycles. The zero-order chi connectivity index (χ0) is 23.2. The largest absolute Gasteiger partial charge is 0.497 e. The van der Waals surface area contributed by atoms with Crippen LogP contribution in [-0.4, -0.2) is 55.1 Å². The lowest BCUT2D eigenvalue weighted by molar-refractivity contribution is -0.119. The Bertz CT molecular complexity index is 1210. The lowest BCUT2D eigenvalue weighted by atomic mass is 10.1. The maximum atomic E-state index is 12.6. The molecule has 33 heavy (non-hydrogen) atoms. The van der Waals surface area contributed by atoms with E-state index in [1.165, 1.54) is 6.33 Å². The van der Waals surface area contributed by atoms with Crippen molar-refractivity contribution in [1.29, 1.82) is 0 Å². The molecule has 0 spiro atoms. The average molecular weight is 462 g/mol. The fraction of sp³-hybridized carbons (Fsp3) is 0.240. The van der Waals surface area contributed by atoms with E-state index >= 15 is 0 Å². The molecule has 2 heterocycles. The van der Waals surface area contributed by atoms with Crippen LogP contribution in [0.25, 0.3) is 20.7 Å². The molecule has 170 valence electrons. The fourth-order valence-corrected chi connectivity index (χ4v) is 4.61. The first kappa shape index (κ1) is 22.7. The maximum absolute atomic E-state index is 12.6. The van der Waals surface area contributed by atoms with Crippen LogP contribution in [0, 0.1) is 0 Å². The smallest absolute Gasteiger partial charge is 0.239 e. The van der Waals surface area contributed by atoms with E-state index in [-0.39, 0.29) is 18.5 Å². The number of hydrogen-bond donors (Lipinski definition) is 2. The summed E-state index contributed by atoms with van der Waals surface area (Å²) in [6.07, 6.45) is 1.53. The van der Waals surface area contributed by atoms with Gasteiger partial charge < -0.3 is 20.3 Å². The summed E-state index contributed by atoms with van der Waals surface area (Å²) in [4.78, 5) is 25.4. The van der Waals surface area contributed by atoms with Crippen LogP contribution in [0.1, 0.15) is 11.6 Å². The molecule has 7 nitrogen and oxygen atoms in total. The second-order valence-electron chi connectivity index (χ2n) is 7.83. The zero-order valence-corrected chi connectivity index (χ0v) is 19.7. The maximum Gasteiger partial charge on any atom is 0.239 e. The highest BCUT2D eigenvalue weighted by atomic mass is 32.1. The van der Waals surface area contributed by atoms with E-state index in [2.05, 4.69) is 43.7 Å². The van der Waals surface area contributed by atoms with Crippen LogP contribution < -0.4 is 15.4 Å². The average Bonchev–Trinajstić information content (AvgIpc) is 3.29. The van der Waals surface area contributed by atoms with Gasteiger partial charge in [0, 0.05) is 11.4 Å². The van der Waals surface area contributed by atoms with E-state index in [4.69, 9.17) is 4.74 Å². The Kier molecular flexibility index (Phi) is 7.16. The Morgan fingerprint density at radius 3 is 2.55 bits per heavy atom. The molecular weight excluding hydrogens is 434 g/mol. The Morgan fingerprint density at radius 1 is 1.09 bits per heavy atom. The van der Waals surface area contributed by atoms with Crippen LogP contribution in [0.2, 0.25) is 0 Å². The Hall–Kier alpha value is -3.49. The van der Waals surface area contributed by atoms with Gasteiger partial charge in [-0.15, -0.1) is 11.3 Å². The summed E-state index contributed by atoms with van der Waals surface area (Å²) in [5, 5.41) is 7.11. The Balaban J connectivity index is 1.39. The second-order valence-corrected chi connectivity index (χ2v) is 8.86. The minimum atomic E-state index is -0.0966. The molecule has 1 amide bonds. The molecule has 1 unspecified atom stereocenters. The summed E-state index contributed by atoms with van der Waals surface area (Å²) in [7, 11) is 5.64. The zero-order valence-electron chi connectivity index (χ0n) is 18.9. The Labute approximate surface area is 197 Å². The predicted molar refractivity (Wildman–Crippen MR) is 134 cm³/mol. The summed E-state index contributed by atoms with van der Waals surface area (Å²) in [6.45, 7) is 0.626. The van der Waals surface area contributed by atoms with Gasteiger partial charge in [0.05, 0.1) is 25.1 Å². The molecule has 2 aromatic carbocycles. The quantitative estimate of drug-likeness (QED) is 0.389. The number of amides is 1. The van der Waals surface area contributed by atoms with Crippen molar-refractivity contribution in [2.24, 2.45) is 0 Å². The van der Waals surface area contributed by atoms with Crippen molar-refractivity contribution in [1.82, 2.24) is 20.2 Å². The second kappa shape index (κ2) is 10.4. The number of rotatable bonds is 9. The first-order valence-corrected chi connectivity index (χ1v) is 11.5. The van der Waals surface area contributed by atoms with Gasteiger partial charge in [-0.2, -0.15) is 0 Å². The van der Waals surface area contributed by atoms with E-state index in [0.29, 0.717) is 12.4 Å². The molecule has 0 bridgehead atoms. The van der Waals surface area contributed by atoms with Gasteiger partial charge in [-0.1, -0.05) is 42.5 Å². The molecule has 8 heteroatoms. The summed E-state index contributed by atoms with van der Waals surface area (Å²) >= 11 is 1.61. The number of carbonyl (C=O) groups excluding carboxylic acids is 1. The van der Waals surface area contributed by atoms with Gasteiger partial charge in [0.15, 0.2) is 0 Å². The third-order valence-corrected chi connectivity index (χ3v) is 6.51. The first-order chi connectivity index (χ1) is 16.0. The minimum absolute atomic E-state index is 0.0518. The van der Waals surface area contributed by atoms with Crippen molar-refractivity contribution in [2.45, 2.75) is 6.04 Å². The molecule has 2 N–H and O–H groups in total. The summed E-state index contributed by atoms with van der Waals surface area (Å²) in [5.41, 5.74) is 2.25. The highest BCUT2D eigenvalue weighted by Gasteiger charge is 2.16. The van der Waals surface area contributed by atoms with Crippen LogP contribution >= 0.6 is 11.3 Å². The number of hydrogen-bond acceptors (Lipinski definition) is 7. The van der Waals surface area contributed by atoms with Gasteiger partial charge in [0.25, 0.3) is 0 Å². The molecule has 0 radical (unpaired) electrons. The van der Waals surface area contributed by atoms with Crippen LogP contribution in [0.5, 0.6) is 5.75 Å². The van der Waals surface area contributed by atoms with Gasteiger partial charge in [-0.05, 0) is 43.4 Å². The van der Waals surface area contributed by atoms with Crippen LogP contribution in [0.3, 0.4) is 0 Å². The van der Waals surface area contributed by atoms with Crippen molar-refractivity contribution >= 4 is 33.3 Å². The highest BCUT2D eigenvalue weighted by molar-refractivity contribution is 7.21. The lowest BCUT2D eigenvalue weighted by Crippen LogP contribution is -2.37. The van der Waals surface area contributed by atoms with Crippen molar-refractivity contribution in [3.05, 3.63) is 72.6 Å². The van der Waals surface area contributed by atoms with E-state index in [9.17, 15) is 4.79 Å². The van der Waals surface area contributed by atoms with E-state index in [1.807, 2.05) is 56.6 Å². The fourth-order valence-electron chi connectivity index (χ4n) is 3.60. The number of nitrogens with one attached hydrogen (secondary N) is 2. The van der Waals surface area contributed by atoms with Crippen molar-refractivity contribution in [3.63, 3.8) is 0 Å². The summed E-state index contributed by atoms with van der Waals surface area (Å²) < 4.78 is 5.24. The molecule has 4 aromatic rings. The number of likely N-dealkylation sites (N-methyl/N-ethyl adjacent to an activating group) is 1. The van der Waals surface area contributed by atoms with Gasteiger partial charge in [0.2, 0.25) is 5.91 Å². The minimum Gasteiger partial charge on any atom is -0.497 e. The van der Waals surface area contributed by atoms with Crippen LogP contribution in [0.4, 0.5) is 5.82 Å². The van der Waals surface area contributed by atoms with Crippen molar-refractivity contribution in [3.8, 4) is 16.2 Å². The number of methoxy groups -OCH3 is 1.